The number of rotatable bonds is 2. The smallest absolute Gasteiger partial charge is 0.465 e. The molecule has 1 saturated heterocycles. The van der Waals surface area contributed by atoms with E-state index in [1.807, 2.05) is 40.7 Å². The van der Waals surface area contributed by atoms with Crippen LogP contribution in [0.15, 0.2) is 12.1 Å². The highest BCUT2D eigenvalue weighted by Gasteiger charge is 2.52. The molecule has 1 aliphatic heterocycles. The van der Waals surface area contributed by atoms with Crippen LogP contribution < -0.4 is 11.2 Å². The molecule has 6 heteroatoms. The van der Waals surface area contributed by atoms with Crippen LogP contribution in [-0.2, 0) is 14.0 Å². The molecule has 0 atom stereocenters. The molecule has 2 rings (SSSR count). The summed E-state index contributed by atoms with van der Waals surface area (Å²) in [5.41, 5.74) is 7.44. The molecule has 0 radical (unpaired) electrons. The van der Waals surface area contributed by atoms with Crippen LogP contribution in [0.2, 0.25) is 0 Å². The van der Waals surface area contributed by atoms with E-state index in [1.165, 1.54) is 7.11 Å². The van der Waals surface area contributed by atoms with Gasteiger partial charge >= 0.3 is 13.1 Å². The molecule has 1 aliphatic rings. The highest BCUT2D eigenvalue weighted by molar-refractivity contribution is 6.64. The van der Waals surface area contributed by atoms with Crippen LogP contribution in [0.5, 0.6) is 0 Å². The number of aryl methyl sites for hydroxylation is 1. The van der Waals surface area contributed by atoms with Crippen molar-refractivity contribution in [2.75, 3.05) is 12.8 Å². The Bertz CT molecular complexity index is 567. The van der Waals surface area contributed by atoms with Crippen molar-refractivity contribution in [1.29, 1.82) is 0 Å². The summed E-state index contributed by atoms with van der Waals surface area (Å²) in [6, 6.07) is 3.58. The fourth-order valence-electron chi connectivity index (χ4n) is 2.27. The zero-order chi connectivity index (χ0) is 16.0. The van der Waals surface area contributed by atoms with Gasteiger partial charge in [0, 0.05) is 11.2 Å². The van der Waals surface area contributed by atoms with Crippen LogP contribution in [0.4, 0.5) is 5.69 Å². The second-order valence-electron chi connectivity index (χ2n) is 6.40. The van der Waals surface area contributed by atoms with E-state index < -0.39 is 24.3 Å². The average molecular weight is 291 g/mol. The van der Waals surface area contributed by atoms with E-state index in [-0.39, 0.29) is 0 Å². The highest BCUT2D eigenvalue weighted by atomic mass is 16.7. The second kappa shape index (κ2) is 5.03. The maximum atomic E-state index is 11.8. The second-order valence-corrected chi connectivity index (χ2v) is 6.40. The summed E-state index contributed by atoms with van der Waals surface area (Å²) in [4.78, 5) is 11.8. The van der Waals surface area contributed by atoms with Gasteiger partial charge < -0.3 is 19.8 Å². The van der Waals surface area contributed by atoms with Crippen molar-refractivity contribution in [3.8, 4) is 0 Å². The van der Waals surface area contributed by atoms with Crippen molar-refractivity contribution in [1.82, 2.24) is 0 Å². The van der Waals surface area contributed by atoms with E-state index in [1.54, 1.807) is 6.07 Å². The summed E-state index contributed by atoms with van der Waals surface area (Å²) in [6.07, 6.45) is 0. The Hall–Kier alpha value is -1.53. The molecule has 21 heavy (non-hydrogen) atoms. The number of nitrogen functional groups attached to an aromatic ring is 1. The zero-order valence-electron chi connectivity index (χ0n) is 13.4. The third-order valence-electron chi connectivity index (χ3n) is 4.27. The molecule has 2 N–H and O–H groups in total. The summed E-state index contributed by atoms with van der Waals surface area (Å²) in [5, 5.41) is 0. The van der Waals surface area contributed by atoms with Gasteiger partial charge in [-0.3, -0.25) is 0 Å². The largest absolute Gasteiger partial charge is 0.496 e. The lowest BCUT2D eigenvalue weighted by atomic mass is 9.76. The molecule has 1 heterocycles. The Morgan fingerprint density at radius 2 is 1.71 bits per heavy atom. The van der Waals surface area contributed by atoms with Gasteiger partial charge in [0.25, 0.3) is 0 Å². The Kier molecular flexibility index (Phi) is 3.80. The molecule has 0 bridgehead atoms. The number of ether oxygens (including phenoxy) is 1. The number of carbonyl (C=O) groups is 1. The predicted octanol–water partition coefficient (Wildman–Crippen LogP) is 1.66. The monoisotopic (exact) mass is 291 g/mol. The SMILES string of the molecule is COC(=O)c1cc(C)cc(B2OC(C)(C)C(C)(C)O2)c1N. The van der Waals surface area contributed by atoms with Crippen molar-refractivity contribution >= 4 is 24.2 Å². The highest BCUT2D eigenvalue weighted by Crippen LogP contribution is 2.37. The van der Waals surface area contributed by atoms with Crippen LogP contribution in [0.3, 0.4) is 0 Å². The molecule has 0 saturated carbocycles. The maximum absolute atomic E-state index is 11.8. The van der Waals surface area contributed by atoms with Gasteiger partial charge in [0.2, 0.25) is 0 Å². The normalized spacial score (nSPS) is 19.6. The van der Waals surface area contributed by atoms with E-state index in [0.717, 1.165) is 5.56 Å². The summed E-state index contributed by atoms with van der Waals surface area (Å²) in [6.45, 7) is 9.78. The lowest BCUT2D eigenvalue weighted by molar-refractivity contribution is 0.00578. The maximum Gasteiger partial charge on any atom is 0.496 e. The standard InChI is InChI=1S/C15H22BNO4/c1-9-7-10(13(18)19-6)12(17)11(8-9)16-20-14(2,3)15(4,5)21-16/h7-8H,17H2,1-6H3. The van der Waals surface area contributed by atoms with Gasteiger partial charge in [-0.15, -0.1) is 0 Å². The van der Waals surface area contributed by atoms with Gasteiger partial charge in [-0.1, -0.05) is 11.6 Å². The third kappa shape index (κ3) is 2.65. The van der Waals surface area contributed by atoms with Crippen molar-refractivity contribution in [3.63, 3.8) is 0 Å². The Balaban J connectivity index is 2.47. The zero-order valence-corrected chi connectivity index (χ0v) is 13.4. The minimum atomic E-state index is -0.599. The summed E-state index contributed by atoms with van der Waals surface area (Å²) in [7, 11) is 0.733. The van der Waals surface area contributed by atoms with Crippen LogP contribution in [0.1, 0.15) is 43.6 Å². The van der Waals surface area contributed by atoms with Crippen molar-refractivity contribution in [3.05, 3.63) is 23.3 Å². The number of anilines is 1. The Morgan fingerprint density at radius 3 is 2.19 bits per heavy atom. The van der Waals surface area contributed by atoms with E-state index in [2.05, 4.69) is 0 Å². The minimum Gasteiger partial charge on any atom is -0.465 e. The molecular weight excluding hydrogens is 269 g/mol. The van der Waals surface area contributed by atoms with E-state index in [9.17, 15) is 4.79 Å². The number of carbonyl (C=O) groups excluding carboxylic acids is 1. The number of benzene rings is 1. The first kappa shape index (κ1) is 15.9. The lowest BCUT2D eigenvalue weighted by Crippen LogP contribution is -2.41. The van der Waals surface area contributed by atoms with Gasteiger partial charge in [-0.05, 0) is 40.7 Å². The average Bonchev–Trinajstić information content (AvgIpc) is 2.59. The number of methoxy groups -OCH3 is 1. The molecule has 0 aromatic heterocycles. The molecule has 1 aromatic rings. The first-order valence-electron chi connectivity index (χ1n) is 6.93. The van der Waals surface area contributed by atoms with Crippen molar-refractivity contribution in [2.24, 2.45) is 0 Å². The predicted molar refractivity (Wildman–Crippen MR) is 82.6 cm³/mol. The number of nitrogens with two attached hydrogens (primary N) is 1. The third-order valence-corrected chi connectivity index (χ3v) is 4.27. The van der Waals surface area contributed by atoms with Gasteiger partial charge in [0.1, 0.15) is 0 Å². The number of hydrogen-bond acceptors (Lipinski definition) is 5. The van der Waals surface area contributed by atoms with Crippen molar-refractivity contribution < 1.29 is 18.8 Å². The molecule has 0 amide bonds. The summed E-state index contributed by atoms with van der Waals surface area (Å²) < 4.78 is 16.8. The van der Waals surface area contributed by atoms with Gasteiger partial charge in [-0.25, -0.2) is 4.79 Å². The fraction of sp³-hybridized carbons (Fsp3) is 0.533. The van der Waals surface area contributed by atoms with Crippen molar-refractivity contribution in [2.45, 2.75) is 45.8 Å². The lowest BCUT2D eigenvalue weighted by Gasteiger charge is -2.32. The molecule has 5 nitrogen and oxygen atoms in total. The molecule has 114 valence electrons. The van der Waals surface area contributed by atoms with Gasteiger partial charge in [-0.2, -0.15) is 0 Å². The minimum absolute atomic E-state index is 0.335. The van der Waals surface area contributed by atoms with Crippen LogP contribution in [0, 0.1) is 6.92 Å². The molecule has 1 aromatic carbocycles. The molecule has 0 aliphatic carbocycles. The topological polar surface area (TPSA) is 70.8 Å². The van der Waals surface area contributed by atoms with E-state index in [0.29, 0.717) is 16.7 Å². The number of esters is 1. The first-order chi connectivity index (χ1) is 9.59. The van der Waals surface area contributed by atoms with E-state index in [4.69, 9.17) is 19.8 Å². The Morgan fingerprint density at radius 1 is 1.19 bits per heavy atom. The number of hydrogen-bond donors (Lipinski definition) is 1. The van der Waals surface area contributed by atoms with Crippen LogP contribution >= 0.6 is 0 Å². The summed E-state index contributed by atoms with van der Waals surface area (Å²) >= 11 is 0. The summed E-state index contributed by atoms with van der Waals surface area (Å²) in [5.74, 6) is -0.464. The van der Waals surface area contributed by atoms with Crippen LogP contribution in [0.25, 0.3) is 0 Å². The van der Waals surface area contributed by atoms with Crippen LogP contribution in [-0.4, -0.2) is 31.4 Å². The van der Waals surface area contributed by atoms with E-state index >= 15 is 0 Å². The first-order valence-corrected chi connectivity index (χ1v) is 6.93. The molecule has 0 unspecified atom stereocenters. The Labute approximate surface area is 125 Å². The molecular formula is C15H22BNO4. The fourth-order valence-corrected chi connectivity index (χ4v) is 2.27. The molecule has 1 fully saturated rings. The van der Waals surface area contributed by atoms with Gasteiger partial charge in [0.05, 0.1) is 23.9 Å². The van der Waals surface area contributed by atoms with Gasteiger partial charge in [0.15, 0.2) is 0 Å². The molecule has 0 spiro atoms. The quantitative estimate of drug-likeness (QED) is 0.510.